The first-order valence-corrected chi connectivity index (χ1v) is 14.1. The average Bonchev–Trinajstić information content (AvgIpc) is 3.49. The zero-order valence-electron chi connectivity index (χ0n) is 24.6. The largest absolute Gasteiger partial charge is 0.478 e. The number of hydrogen-bond donors (Lipinski definition) is 4. The van der Waals surface area contributed by atoms with Crippen LogP contribution in [0, 0.1) is 0 Å². The molecule has 45 heavy (non-hydrogen) atoms. The van der Waals surface area contributed by atoms with E-state index in [9.17, 15) is 24.7 Å². The fraction of sp³-hybridized carbons (Fsp3) is 0.188. The summed E-state index contributed by atoms with van der Waals surface area (Å²) in [5.41, 5.74) is 4.48. The number of nitrogens with one attached hydrogen (secondary N) is 1. The molecule has 0 aliphatic rings. The van der Waals surface area contributed by atoms with Crippen LogP contribution in [0.4, 0.5) is 0 Å². The Morgan fingerprint density at radius 1 is 1.04 bits per heavy atom. The van der Waals surface area contributed by atoms with E-state index in [4.69, 9.17) is 0 Å². The molecule has 4 rings (SSSR count). The Labute approximate surface area is 261 Å². The van der Waals surface area contributed by atoms with Gasteiger partial charge in [-0.25, -0.2) is 9.48 Å². The number of nitrogens with zero attached hydrogens (tertiary/aromatic N) is 6. The highest BCUT2D eigenvalue weighted by molar-refractivity contribution is 6.43. The fourth-order valence-electron chi connectivity index (χ4n) is 4.66. The van der Waals surface area contributed by atoms with Crippen LogP contribution in [-0.4, -0.2) is 78.2 Å². The predicted octanol–water partition coefficient (Wildman–Crippen LogP) is 2.42. The molecule has 0 fully saturated rings. The summed E-state index contributed by atoms with van der Waals surface area (Å²) in [5.74, 6) is -2.52. The van der Waals surface area contributed by atoms with Crippen molar-refractivity contribution in [3.8, 4) is 5.69 Å². The molecule has 0 bridgehead atoms. The van der Waals surface area contributed by atoms with Gasteiger partial charge in [-0.05, 0) is 66.7 Å². The second kappa shape index (κ2) is 16.0. The summed E-state index contributed by atoms with van der Waals surface area (Å²) in [7, 11) is -1.83. The van der Waals surface area contributed by atoms with Crippen molar-refractivity contribution >= 4 is 25.7 Å². The number of carboxylic acid groups (broad SMARTS) is 1. The van der Waals surface area contributed by atoms with Gasteiger partial charge < -0.3 is 20.5 Å². The number of amides is 1. The Bertz CT molecular complexity index is 1640. The molecule has 12 nitrogen and oxygen atoms in total. The van der Waals surface area contributed by atoms with Crippen LogP contribution < -0.4 is 5.32 Å². The molecule has 0 aliphatic carbocycles. The number of benzene rings is 2. The van der Waals surface area contributed by atoms with Gasteiger partial charge in [0.1, 0.15) is 0 Å². The summed E-state index contributed by atoms with van der Waals surface area (Å²) in [5, 5.41) is 40.1. The van der Waals surface area contributed by atoms with E-state index in [0.717, 1.165) is 22.8 Å². The van der Waals surface area contributed by atoms with Gasteiger partial charge in [0.25, 0.3) is 0 Å². The van der Waals surface area contributed by atoms with Crippen LogP contribution in [0.25, 0.3) is 5.69 Å². The molecule has 1 atom stereocenters. The van der Waals surface area contributed by atoms with Crippen LogP contribution in [0.1, 0.15) is 32.9 Å². The van der Waals surface area contributed by atoms with E-state index in [2.05, 4.69) is 43.8 Å². The summed E-state index contributed by atoms with van der Waals surface area (Å²) >= 11 is 0. The minimum absolute atomic E-state index is 0.00164. The van der Waals surface area contributed by atoms with Gasteiger partial charge in [0.05, 0.1) is 46.9 Å². The van der Waals surface area contributed by atoms with Crippen LogP contribution >= 0.6 is 0 Å². The maximum Gasteiger partial charge on any atom is 0.475 e. The van der Waals surface area contributed by atoms with Crippen molar-refractivity contribution in [2.75, 3.05) is 6.54 Å². The molecule has 0 unspecified atom stereocenters. The molecule has 0 spiro atoms. The van der Waals surface area contributed by atoms with Crippen molar-refractivity contribution in [2.24, 2.45) is 4.99 Å². The first-order valence-electron chi connectivity index (χ1n) is 14.1. The Morgan fingerprint density at radius 2 is 1.82 bits per heavy atom. The van der Waals surface area contributed by atoms with E-state index < -0.39 is 24.9 Å². The van der Waals surface area contributed by atoms with E-state index in [1.165, 1.54) is 12.1 Å². The summed E-state index contributed by atoms with van der Waals surface area (Å²) in [4.78, 5) is 34.6. The van der Waals surface area contributed by atoms with Gasteiger partial charge in [-0.1, -0.05) is 48.2 Å². The van der Waals surface area contributed by atoms with E-state index >= 15 is 0 Å². The van der Waals surface area contributed by atoms with E-state index in [1.807, 2.05) is 42.6 Å². The number of aromatic carboxylic acids is 1. The Balaban J connectivity index is 1.38. The molecule has 4 N–H and O–H groups in total. The van der Waals surface area contributed by atoms with Crippen molar-refractivity contribution in [1.82, 2.24) is 30.2 Å². The minimum Gasteiger partial charge on any atom is -0.478 e. The van der Waals surface area contributed by atoms with Crippen LogP contribution in [-0.2, 0) is 30.7 Å². The topological polar surface area (TPSA) is 166 Å². The molecule has 0 saturated carbocycles. The molecule has 1 amide bonds. The number of carbonyl (C=O) groups excluding carboxylic acids is 1. The van der Waals surface area contributed by atoms with Gasteiger partial charge in [-0.15, -0.1) is 5.10 Å². The van der Waals surface area contributed by atoms with Crippen LogP contribution in [0.15, 0.2) is 109 Å². The SMILES string of the molecule is C=C/C=C(/CN(Cc1ccccn1)Cc1cn(-c2ccc(CC(=O)N[C@@H](Cc3cccc(C(=O)O)c3)B(O)O)cc2)nn1)N=C. The number of aliphatic imine (C=N–C) groups is 1. The van der Waals surface area contributed by atoms with Crippen molar-refractivity contribution in [1.29, 1.82) is 0 Å². The van der Waals surface area contributed by atoms with Crippen molar-refractivity contribution in [3.05, 3.63) is 132 Å². The quantitative estimate of drug-likeness (QED) is 0.0850. The third-order valence-corrected chi connectivity index (χ3v) is 6.84. The van der Waals surface area contributed by atoms with Gasteiger partial charge in [0.15, 0.2) is 0 Å². The number of aromatic nitrogens is 4. The van der Waals surface area contributed by atoms with Gasteiger partial charge in [-0.2, -0.15) is 0 Å². The lowest BCUT2D eigenvalue weighted by atomic mass is 9.75. The normalized spacial score (nSPS) is 12.0. The van der Waals surface area contributed by atoms with E-state index in [-0.39, 0.29) is 18.4 Å². The third kappa shape index (κ3) is 9.90. The molecule has 13 heteroatoms. The number of allylic oxidation sites excluding steroid dienone is 2. The molecule has 2 heterocycles. The maximum absolute atomic E-state index is 12.7. The minimum atomic E-state index is -1.83. The molecular weight excluding hydrogens is 573 g/mol. The zero-order valence-corrected chi connectivity index (χ0v) is 24.6. The first kappa shape index (κ1) is 32.7. The molecule has 230 valence electrons. The number of carboxylic acids is 1. The Morgan fingerprint density at radius 3 is 2.49 bits per heavy atom. The van der Waals surface area contributed by atoms with Crippen molar-refractivity contribution < 1.29 is 24.7 Å². The Hall–Kier alpha value is -5.24. The highest BCUT2D eigenvalue weighted by Crippen LogP contribution is 2.14. The highest BCUT2D eigenvalue weighted by atomic mass is 16.4. The number of rotatable bonds is 16. The smallest absolute Gasteiger partial charge is 0.475 e. The standard InChI is InChI=1S/C32H34BN7O5/c1-3-7-26(34-2)19-39(20-27-10-4-5-15-35-27)21-28-22-40(38-37-28)29-13-11-23(12-14-29)18-31(41)36-30(33(44)45)17-24-8-6-9-25(16-24)32(42)43/h3-16,22,30,44-45H,1-2,17-21H2,(H,36,41)(H,42,43)/b26-7-/t30-/m0/s1. The second-order valence-corrected chi connectivity index (χ2v) is 10.3. The maximum atomic E-state index is 12.7. The van der Waals surface area contributed by atoms with E-state index in [0.29, 0.717) is 30.8 Å². The van der Waals surface area contributed by atoms with Crippen molar-refractivity contribution in [3.63, 3.8) is 0 Å². The summed E-state index contributed by atoms with van der Waals surface area (Å²) in [6, 6.07) is 19.1. The Kier molecular flexibility index (Phi) is 11.6. The predicted molar refractivity (Wildman–Crippen MR) is 170 cm³/mol. The highest BCUT2D eigenvalue weighted by Gasteiger charge is 2.26. The lowest BCUT2D eigenvalue weighted by Crippen LogP contribution is -2.48. The molecule has 0 aliphatic heterocycles. The van der Waals surface area contributed by atoms with Crippen LogP contribution in [0.3, 0.4) is 0 Å². The molecule has 0 saturated heterocycles. The van der Waals surface area contributed by atoms with Gasteiger partial charge in [0, 0.05) is 25.8 Å². The first-order chi connectivity index (χ1) is 21.7. The molecule has 2 aromatic heterocycles. The average molecular weight is 607 g/mol. The fourth-order valence-corrected chi connectivity index (χ4v) is 4.66. The van der Waals surface area contributed by atoms with Crippen molar-refractivity contribution in [2.45, 2.75) is 31.9 Å². The second-order valence-electron chi connectivity index (χ2n) is 10.3. The number of pyridine rings is 1. The summed E-state index contributed by atoms with van der Waals surface area (Å²) in [6.07, 6.45) is 7.11. The van der Waals surface area contributed by atoms with Gasteiger partial charge in [-0.3, -0.25) is 19.7 Å². The lowest BCUT2D eigenvalue weighted by Gasteiger charge is -2.20. The van der Waals surface area contributed by atoms with Crippen LogP contribution in [0.5, 0.6) is 0 Å². The monoisotopic (exact) mass is 607 g/mol. The summed E-state index contributed by atoms with van der Waals surface area (Å²) in [6.45, 7) is 8.96. The zero-order chi connectivity index (χ0) is 32.2. The molecule has 0 radical (unpaired) electrons. The lowest BCUT2D eigenvalue weighted by molar-refractivity contribution is -0.120. The van der Waals surface area contributed by atoms with Gasteiger partial charge >= 0.3 is 13.1 Å². The van der Waals surface area contributed by atoms with Gasteiger partial charge in [0.2, 0.25) is 5.91 Å². The van der Waals surface area contributed by atoms with E-state index in [1.54, 1.807) is 41.2 Å². The molecule has 4 aromatic rings. The number of carbonyl (C=O) groups is 2. The van der Waals surface area contributed by atoms with Crippen LogP contribution in [0.2, 0.25) is 0 Å². The molecule has 2 aromatic carbocycles. The molecular formula is C32H34BN7O5. The number of hydrogen-bond acceptors (Lipinski definition) is 9. The summed E-state index contributed by atoms with van der Waals surface area (Å²) < 4.78 is 1.65. The third-order valence-electron chi connectivity index (χ3n) is 6.84.